The van der Waals surface area contributed by atoms with Crippen LogP contribution < -0.4 is 0 Å². The van der Waals surface area contributed by atoms with E-state index in [9.17, 15) is 9.59 Å². The van der Waals surface area contributed by atoms with Gasteiger partial charge in [0.1, 0.15) is 6.04 Å². The summed E-state index contributed by atoms with van der Waals surface area (Å²) in [6.07, 6.45) is -0.264. The van der Waals surface area contributed by atoms with Crippen molar-refractivity contribution < 1.29 is 24.0 Å². The summed E-state index contributed by atoms with van der Waals surface area (Å²) in [5.41, 5.74) is 0.789. The van der Waals surface area contributed by atoms with Gasteiger partial charge >= 0.3 is 5.97 Å². The first-order valence-electron chi connectivity index (χ1n) is 7.63. The van der Waals surface area contributed by atoms with Crippen molar-refractivity contribution in [2.75, 3.05) is 19.8 Å². The van der Waals surface area contributed by atoms with E-state index in [2.05, 4.69) is 10.1 Å². The van der Waals surface area contributed by atoms with Crippen LogP contribution in [-0.2, 0) is 14.3 Å². The van der Waals surface area contributed by atoms with E-state index in [1.165, 1.54) is 0 Å². The van der Waals surface area contributed by atoms with Crippen molar-refractivity contribution in [1.82, 2.24) is 15.0 Å². The molecule has 0 aliphatic carbocycles. The molecule has 1 atom stereocenters. The molecular weight excluding hydrogens is 314 g/mol. The molecule has 1 saturated heterocycles. The highest BCUT2D eigenvalue weighted by Crippen LogP contribution is 2.25. The maximum atomic E-state index is 12.3. The van der Waals surface area contributed by atoms with Gasteiger partial charge in [0.15, 0.2) is 5.82 Å². The normalized spacial score (nSPS) is 17.7. The highest BCUT2D eigenvalue weighted by molar-refractivity contribution is 5.81. The van der Waals surface area contributed by atoms with Crippen molar-refractivity contribution in [3.05, 3.63) is 36.2 Å². The van der Waals surface area contributed by atoms with E-state index in [-0.39, 0.29) is 25.4 Å². The van der Waals surface area contributed by atoms with Gasteiger partial charge in [-0.1, -0.05) is 23.4 Å². The molecule has 126 valence electrons. The van der Waals surface area contributed by atoms with Crippen LogP contribution in [0.15, 0.2) is 34.9 Å². The first-order valence-corrected chi connectivity index (χ1v) is 7.63. The van der Waals surface area contributed by atoms with Crippen molar-refractivity contribution in [2.45, 2.75) is 18.9 Å². The molecule has 0 radical (unpaired) electrons. The van der Waals surface area contributed by atoms with Gasteiger partial charge in [-0.15, -0.1) is 0 Å². The molecule has 1 unspecified atom stereocenters. The second-order valence-corrected chi connectivity index (χ2v) is 5.40. The van der Waals surface area contributed by atoms with Crippen LogP contribution >= 0.6 is 0 Å². The molecule has 1 aromatic carbocycles. The second-order valence-electron chi connectivity index (χ2n) is 5.40. The number of benzene rings is 1. The molecule has 1 N–H and O–H groups in total. The number of carboxylic acid groups (broad SMARTS) is 1. The second kappa shape index (κ2) is 7.22. The monoisotopic (exact) mass is 331 g/mol. The molecule has 0 spiro atoms. The number of hydrogen-bond donors (Lipinski definition) is 1. The third kappa shape index (κ3) is 3.60. The van der Waals surface area contributed by atoms with E-state index >= 15 is 0 Å². The number of aliphatic carboxylic acids is 1. The smallest absolute Gasteiger partial charge is 0.303 e. The highest BCUT2D eigenvalue weighted by atomic mass is 16.5. The van der Waals surface area contributed by atoms with Crippen LogP contribution in [0.25, 0.3) is 11.5 Å². The largest absolute Gasteiger partial charge is 0.481 e. The molecule has 1 fully saturated rings. The molecule has 1 aliphatic heterocycles. The molecule has 0 bridgehead atoms. The number of amides is 1. The van der Waals surface area contributed by atoms with E-state index < -0.39 is 12.0 Å². The minimum absolute atomic E-state index is 0.0603. The van der Waals surface area contributed by atoms with Crippen molar-refractivity contribution in [1.29, 1.82) is 0 Å². The number of ether oxygens (including phenoxy) is 1. The lowest BCUT2D eigenvalue weighted by Gasteiger charge is -2.33. The van der Waals surface area contributed by atoms with E-state index in [1.807, 2.05) is 30.3 Å². The zero-order chi connectivity index (χ0) is 16.9. The molecule has 1 aromatic heterocycles. The van der Waals surface area contributed by atoms with Gasteiger partial charge in [-0.2, -0.15) is 4.98 Å². The average molecular weight is 331 g/mol. The zero-order valence-electron chi connectivity index (χ0n) is 12.9. The van der Waals surface area contributed by atoms with Crippen LogP contribution in [0.5, 0.6) is 0 Å². The maximum Gasteiger partial charge on any atom is 0.303 e. The number of nitrogens with zero attached hydrogens (tertiary/aromatic N) is 3. The minimum Gasteiger partial charge on any atom is -0.481 e. The molecule has 3 rings (SSSR count). The first kappa shape index (κ1) is 16.1. The Morgan fingerprint density at radius 3 is 2.79 bits per heavy atom. The summed E-state index contributed by atoms with van der Waals surface area (Å²) in [5, 5.41) is 12.7. The number of rotatable bonds is 5. The molecule has 24 heavy (non-hydrogen) atoms. The molecule has 2 aromatic rings. The Bertz CT molecular complexity index is 716. The molecule has 1 amide bonds. The number of carboxylic acids is 1. The summed E-state index contributed by atoms with van der Waals surface area (Å²) in [4.78, 5) is 28.9. The van der Waals surface area contributed by atoms with Gasteiger partial charge in [0, 0.05) is 18.5 Å². The molecular formula is C16H17N3O5. The Balaban J connectivity index is 1.77. The fourth-order valence-corrected chi connectivity index (χ4v) is 2.54. The van der Waals surface area contributed by atoms with Gasteiger partial charge in [0.05, 0.1) is 19.6 Å². The van der Waals surface area contributed by atoms with Crippen LogP contribution in [0.2, 0.25) is 0 Å². The summed E-state index contributed by atoms with van der Waals surface area (Å²) in [6, 6.07) is 8.85. The minimum atomic E-state index is -1.00. The average Bonchev–Trinajstić information content (AvgIpc) is 3.10. The number of carbonyl (C=O) groups is 2. The zero-order valence-corrected chi connectivity index (χ0v) is 12.9. The lowest BCUT2D eigenvalue weighted by molar-refractivity contribution is -0.145. The molecule has 8 heteroatoms. The Labute approximate surface area is 138 Å². The Morgan fingerprint density at radius 1 is 1.25 bits per heavy atom. The SMILES string of the molecule is O=C(O)CCC(=O)N1CCOCC1c1noc(-c2ccccc2)n1. The van der Waals surface area contributed by atoms with Gasteiger partial charge in [-0.05, 0) is 12.1 Å². The fraction of sp³-hybridized carbons (Fsp3) is 0.375. The van der Waals surface area contributed by atoms with E-state index in [4.69, 9.17) is 14.4 Å². The van der Waals surface area contributed by atoms with Crippen LogP contribution in [0.1, 0.15) is 24.7 Å². The molecule has 0 saturated carbocycles. The number of carbonyl (C=O) groups excluding carboxylic acids is 1. The van der Waals surface area contributed by atoms with Gasteiger partial charge in [-0.25, -0.2) is 0 Å². The van der Waals surface area contributed by atoms with Crippen molar-refractivity contribution in [3.8, 4) is 11.5 Å². The van der Waals surface area contributed by atoms with Gasteiger partial charge in [0.25, 0.3) is 5.89 Å². The van der Waals surface area contributed by atoms with E-state index in [0.29, 0.717) is 24.9 Å². The number of aromatic nitrogens is 2. The first-order chi connectivity index (χ1) is 11.6. The summed E-state index contributed by atoms with van der Waals surface area (Å²) in [6.45, 7) is 1.03. The predicted molar refractivity (Wildman–Crippen MR) is 81.9 cm³/mol. The van der Waals surface area contributed by atoms with Crippen LogP contribution in [0, 0.1) is 0 Å². The van der Waals surface area contributed by atoms with Gasteiger partial charge in [0.2, 0.25) is 5.91 Å². The number of hydrogen-bond acceptors (Lipinski definition) is 6. The summed E-state index contributed by atoms with van der Waals surface area (Å²) in [7, 11) is 0. The Morgan fingerprint density at radius 2 is 2.04 bits per heavy atom. The highest BCUT2D eigenvalue weighted by Gasteiger charge is 2.32. The molecule has 2 heterocycles. The lowest BCUT2D eigenvalue weighted by atomic mass is 10.1. The van der Waals surface area contributed by atoms with Crippen LogP contribution in [0.4, 0.5) is 0 Å². The standard InChI is InChI=1S/C16H17N3O5/c20-13(6-7-14(21)22)19-8-9-23-10-12(19)15-17-16(24-18-15)11-4-2-1-3-5-11/h1-5,12H,6-10H2,(H,21,22). The third-order valence-corrected chi connectivity index (χ3v) is 3.76. The van der Waals surface area contributed by atoms with Gasteiger partial charge in [-0.3, -0.25) is 9.59 Å². The van der Waals surface area contributed by atoms with Crippen LogP contribution in [-0.4, -0.2) is 51.8 Å². The van der Waals surface area contributed by atoms with E-state index in [1.54, 1.807) is 4.90 Å². The lowest BCUT2D eigenvalue weighted by Crippen LogP contribution is -2.43. The summed E-state index contributed by atoms with van der Waals surface area (Å²) in [5.74, 6) is -0.526. The molecule has 8 nitrogen and oxygen atoms in total. The third-order valence-electron chi connectivity index (χ3n) is 3.76. The van der Waals surface area contributed by atoms with Gasteiger partial charge < -0.3 is 19.3 Å². The Hall–Kier alpha value is -2.74. The molecule has 1 aliphatic rings. The predicted octanol–water partition coefficient (Wildman–Crippen LogP) is 1.50. The number of morpholine rings is 1. The quantitative estimate of drug-likeness (QED) is 0.885. The van der Waals surface area contributed by atoms with Crippen molar-refractivity contribution in [3.63, 3.8) is 0 Å². The fourth-order valence-electron chi connectivity index (χ4n) is 2.54. The maximum absolute atomic E-state index is 12.3. The van der Waals surface area contributed by atoms with Crippen molar-refractivity contribution in [2.24, 2.45) is 0 Å². The van der Waals surface area contributed by atoms with E-state index in [0.717, 1.165) is 5.56 Å². The Kier molecular flexibility index (Phi) is 4.85. The summed E-state index contributed by atoms with van der Waals surface area (Å²) < 4.78 is 10.7. The summed E-state index contributed by atoms with van der Waals surface area (Å²) >= 11 is 0. The topological polar surface area (TPSA) is 106 Å². The van der Waals surface area contributed by atoms with Crippen LogP contribution in [0.3, 0.4) is 0 Å². The van der Waals surface area contributed by atoms with Crippen molar-refractivity contribution >= 4 is 11.9 Å².